The van der Waals surface area contributed by atoms with Crippen molar-refractivity contribution < 1.29 is 13.2 Å². The summed E-state index contributed by atoms with van der Waals surface area (Å²) in [4.78, 5) is 19.1. The number of thiazole rings is 1. The Labute approximate surface area is 168 Å². The lowest BCUT2D eigenvalue weighted by Gasteiger charge is -2.22. The number of anilines is 1. The van der Waals surface area contributed by atoms with E-state index in [1.54, 1.807) is 35.4 Å². The smallest absolute Gasteiger partial charge is 0.253 e. The molecule has 2 heterocycles. The zero-order chi connectivity index (χ0) is 20.1. The van der Waals surface area contributed by atoms with Crippen molar-refractivity contribution in [2.24, 2.45) is 0 Å². The standard InChI is InChI=1S/C20H21N3O3S2/c1-13-10-15-11-14(8-9-17(15)23(13)28(3,25)26)20(24)22(2)12-19-21-16-6-4-5-7-18(16)27-19/h4-9,11,13H,10,12H2,1-3H3/t13-/m0/s1. The Bertz CT molecular complexity index is 1140. The molecular formula is C20H21N3O3S2. The minimum Gasteiger partial charge on any atom is -0.335 e. The molecule has 0 fully saturated rings. The monoisotopic (exact) mass is 415 g/mol. The minimum atomic E-state index is -3.34. The highest BCUT2D eigenvalue weighted by molar-refractivity contribution is 7.92. The van der Waals surface area contributed by atoms with Crippen LogP contribution in [0, 0.1) is 0 Å². The molecule has 1 atom stereocenters. The second-order valence-corrected chi connectivity index (χ2v) is 10.2. The summed E-state index contributed by atoms with van der Waals surface area (Å²) >= 11 is 1.58. The van der Waals surface area contributed by atoms with Crippen LogP contribution in [0.3, 0.4) is 0 Å². The molecule has 4 rings (SSSR count). The van der Waals surface area contributed by atoms with Crippen molar-refractivity contribution in [1.29, 1.82) is 0 Å². The molecule has 0 unspecified atom stereocenters. The quantitative estimate of drug-likeness (QED) is 0.656. The van der Waals surface area contributed by atoms with Crippen LogP contribution < -0.4 is 4.31 Å². The number of hydrogen-bond acceptors (Lipinski definition) is 5. The normalized spacial score (nSPS) is 16.4. The maximum Gasteiger partial charge on any atom is 0.253 e. The van der Waals surface area contributed by atoms with Crippen molar-refractivity contribution >= 4 is 43.2 Å². The Balaban J connectivity index is 1.56. The molecule has 0 radical (unpaired) electrons. The van der Waals surface area contributed by atoms with Crippen LogP contribution in [0.1, 0.15) is 27.9 Å². The van der Waals surface area contributed by atoms with Crippen LogP contribution in [0.2, 0.25) is 0 Å². The molecule has 8 heteroatoms. The van der Waals surface area contributed by atoms with Crippen molar-refractivity contribution in [3.8, 4) is 0 Å². The molecule has 6 nitrogen and oxygen atoms in total. The highest BCUT2D eigenvalue weighted by atomic mass is 32.2. The molecule has 1 aromatic heterocycles. The first-order valence-corrected chi connectivity index (χ1v) is 11.6. The third-order valence-electron chi connectivity index (χ3n) is 4.89. The van der Waals surface area contributed by atoms with Crippen LogP contribution in [-0.2, 0) is 23.0 Å². The van der Waals surface area contributed by atoms with Gasteiger partial charge in [0, 0.05) is 18.7 Å². The zero-order valence-corrected chi connectivity index (χ0v) is 17.5. The predicted octanol–water partition coefficient (Wildman–Crippen LogP) is 3.28. The van der Waals surface area contributed by atoms with Gasteiger partial charge in [0.1, 0.15) is 5.01 Å². The molecule has 0 spiro atoms. The molecule has 146 valence electrons. The van der Waals surface area contributed by atoms with Crippen LogP contribution in [0.25, 0.3) is 10.2 Å². The Morgan fingerprint density at radius 1 is 1.29 bits per heavy atom. The topological polar surface area (TPSA) is 70.6 Å². The first kappa shape index (κ1) is 18.9. The first-order valence-electron chi connectivity index (χ1n) is 8.96. The Morgan fingerprint density at radius 2 is 2.04 bits per heavy atom. The summed E-state index contributed by atoms with van der Waals surface area (Å²) in [6, 6.07) is 13.0. The van der Waals surface area contributed by atoms with Gasteiger partial charge in [0.15, 0.2) is 0 Å². The summed E-state index contributed by atoms with van der Waals surface area (Å²) in [5.74, 6) is -0.104. The lowest BCUT2D eigenvalue weighted by Crippen LogP contribution is -2.34. The number of fused-ring (bicyclic) bond motifs is 2. The summed E-state index contributed by atoms with van der Waals surface area (Å²) < 4.78 is 26.6. The van der Waals surface area contributed by atoms with E-state index in [0.717, 1.165) is 20.8 Å². The van der Waals surface area contributed by atoms with Crippen LogP contribution >= 0.6 is 11.3 Å². The molecule has 0 N–H and O–H groups in total. The maximum atomic E-state index is 12.9. The van der Waals surface area contributed by atoms with Crippen molar-refractivity contribution in [2.45, 2.75) is 25.9 Å². The number of rotatable bonds is 4. The second kappa shape index (κ2) is 6.86. The van der Waals surface area contributed by atoms with Crippen molar-refractivity contribution in [2.75, 3.05) is 17.6 Å². The lowest BCUT2D eigenvalue weighted by molar-refractivity contribution is 0.0785. The van der Waals surface area contributed by atoms with E-state index in [-0.39, 0.29) is 11.9 Å². The molecule has 28 heavy (non-hydrogen) atoms. The molecule has 3 aromatic rings. The number of amides is 1. The Kier molecular flexibility index (Phi) is 4.63. The number of carbonyl (C=O) groups is 1. The summed E-state index contributed by atoms with van der Waals surface area (Å²) in [7, 11) is -1.58. The number of benzene rings is 2. The Hall–Kier alpha value is -2.45. The van der Waals surface area contributed by atoms with Crippen LogP contribution in [-0.4, -0.2) is 43.6 Å². The lowest BCUT2D eigenvalue weighted by atomic mass is 10.1. The van der Waals surface area contributed by atoms with Crippen molar-refractivity contribution in [1.82, 2.24) is 9.88 Å². The van der Waals surface area contributed by atoms with E-state index < -0.39 is 10.0 Å². The van der Waals surface area contributed by atoms with E-state index in [9.17, 15) is 13.2 Å². The SMILES string of the molecule is C[C@H]1Cc2cc(C(=O)N(C)Cc3nc4ccccc4s3)ccc2N1S(C)(=O)=O. The fraction of sp³-hybridized carbons (Fsp3) is 0.300. The van der Waals surface area contributed by atoms with Gasteiger partial charge in [-0.2, -0.15) is 0 Å². The minimum absolute atomic E-state index is 0.104. The fourth-order valence-corrected chi connectivity index (χ4v) is 6.01. The predicted molar refractivity (Wildman–Crippen MR) is 112 cm³/mol. The number of hydrogen-bond donors (Lipinski definition) is 0. The highest BCUT2D eigenvalue weighted by Crippen LogP contribution is 2.35. The number of para-hydroxylation sites is 1. The van der Waals surface area contributed by atoms with Gasteiger partial charge in [-0.1, -0.05) is 12.1 Å². The van der Waals surface area contributed by atoms with Gasteiger partial charge in [0.05, 0.1) is 28.7 Å². The van der Waals surface area contributed by atoms with E-state index in [0.29, 0.717) is 24.2 Å². The van der Waals surface area contributed by atoms with E-state index in [4.69, 9.17) is 0 Å². The summed E-state index contributed by atoms with van der Waals surface area (Å²) in [5, 5.41) is 0.884. The molecule has 1 amide bonds. The van der Waals surface area contributed by atoms with Crippen LogP contribution in [0.5, 0.6) is 0 Å². The third-order valence-corrected chi connectivity index (χ3v) is 7.19. The largest absolute Gasteiger partial charge is 0.335 e. The summed E-state index contributed by atoms with van der Waals surface area (Å²) in [5.41, 5.74) is 3.05. The molecule has 0 saturated carbocycles. The Morgan fingerprint density at radius 3 is 2.75 bits per heavy atom. The van der Waals surface area contributed by atoms with E-state index in [2.05, 4.69) is 4.98 Å². The van der Waals surface area contributed by atoms with Crippen LogP contribution in [0.4, 0.5) is 5.69 Å². The molecule has 0 aliphatic carbocycles. The number of sulfonamides is 1. The van der Waals surface area contributed by atoms with Gasteiger partial charge in [0.25, 0.3) is 5.91 Å². The van der Waals surface area contributed by atoms with Crippen LogP contribution in [0.15, 0.2) is 42.5 Å². The van der Waals surface area contributed by atoms with E-state index >= 15 is 0 Å². The zero-order valence-electron chi connectivity index (χ0n) is 15.9. The van der Waals surface area contributed by atoms with Gasteiger partial charge >= 0.3 is 0 Å². The van der Waals surface area contributed by atoms with Crippen molar-refractivity contribution in [3.63, 3.8) is 0 Å². The molecule has 0 saturated heterocycles. The maximum absolute atomic E-state index is 12.9. The van der Waals surface area contributed by atoms with Gasteiger partial charge in [-0.25, -0.2) is 13.4 Å². The first-order chi connectivity index (χ1) is 13.2. The van der Waals surface area contributed by atoms with Gasteiger partial charge in [0.2, 0.25) is 10.0 Å². The molecule has 1 aliphatic rings. The molecule has 2 aromatic carbocycles. The number of aromatic nitrogens is 1. The van der Waals surface area contributed by atoms with E-state index in [1.165, 1.54) is 10.6 Å². The summed E-state index contributed by atoms with van der Waals surface area (Å²) in [6.45, 7) is 2.31. The third kappa shape index (κ3) is 3.38. The van der Waals surface area contributed by atoms with Gasteiger partial charge < -0.3 is 4.90 Å². The molecular weight excluding hydrogens is 394 g/mol. The molecule has 0 bridgehead atoms. The van der Waals surface area contributed by atoms with Gasteiger partial charge in [-0.15, -0.1) is 11.3 Å². The van der Waals surface area contributed by atoms with E-state index in [1.807, 2.05) is 37.3 Å². The highest BCUT2D eigenvalue weighted by Gasteiger charge is 2.33. The average Bonchev–Trinajstić information content (AvgIpc) is 3.18. The summed E-state index contributed by atoms with van der Waals surface area (Å²) in [6.07, 6.45) is 1.81. The average molecular weight is 416 g/mol. The van der Waals surface area contributed by atoms with Gasteiger partial charge in [-0.05, 0) is 49.2 Å². The van der Waals surface area contributed by atoms with Crippen molar-refractivity contribution in [3.05, 3.63) is 58.6 Å². The fourth-order valence-electron chi connectivity index (χ4n) is 3.72. The van der Waals surface area contributed by atoms with Gasteiger partial charge in [-0.3, -0.25) is 9.10 Å². The molecule has 1 aliphatic heterocycles. The second-order valence-electron chi connectivity index (χ2n) is 7.19. The number of carbonyl (C=O) groups excluding carboxylic acids is 1. The number of nitrogens with zero attached hydrogens (tertiary/aromatic N) is 3.